The van der Waals surface area contributed by atoms with Crippen LogP contribution in [-0.4, -0.2) is 40.1 Å². The van der Waals surface area contributed by atoms with Crippen LogP contribution in [0.25, 0.3) is 0 Å². The maximum Gasteiger partial charge on any atom is 0.307 e. The van der Waals surface area contributed by atoms with E-state index in [-0.39, 0.29) is 24.5 Å². The molecule has 1 rings (SSSR count). The van der Waals surface area contributed by atoms with E-state index in [0.717, 1.165) is 24.8 Å². The van der Waals surface area contributed by atoms with Gasteiger partial charge in [0.2, 0.25) is 0 Å². The molecular formula is C13H24N2O4. The first kappa shape index (κ1) is 15.9. The molecular weight excluding hydrogens is 248 g/mol. The highest BCUT2D eigenvalue weighted by molar-refractivity contribution is 5.70. The summed E-state index contributed by atoms with van der Waals surface area (Å²) in [7, 11) is 0. The molecule has 0 aromatic heterocycles. The van der Waals surface area contributed by atoms with Crippen LogP contribution >= 0.6 is 0 Å². The quantitative estimate of drug-likeness (QED) is 0.505. The Morgan fingerprint density at radius 2 is 2.05 bits per heavy atom. The van der Waals surface area contributed by atoms with E-state index in [1.807, 2.05) is 12.4 Å². The molecule has 1 aliphatic rings. The van der Waals surface area contributed by atoms with Crippen molar-refractivity contribution >= 4 is 5.97 Å². The first-order valence-electron chi connectivity index (χ1n) is 6.76. The Hall–Kier alpha value is -1.11. The smallest absolute Gasteiger partial charge is 0.307 e. The molecule has 0 aromatic carbocycles. The third-order valence-corrected chi connectivity index (χ3v) is 3.40. The molecule has 1 saturated heterocycles. The van der Waals surface area contributed by atoms with E-state index in [1.165, 1.54) is 11.3 Å². The second-order valence-corrected chi connectivity index (χ2v) is 4.95. The lowest BCUT2D eigenvalue weighted by atomic mass is 9.92. The van der Waals surface area contributed by atoms with Crippen molar-refractivity contribution in [3.63, 3.8) is 0 Å². The Morgan fingerprint density at radius 1 is 1.42 bits per heavy atom. The lowest BCUT2D eigenvalue weighted by Gasteiger charge is -2.37. The molecule has 0 bridgehead atoms. The molecule has 1 fully saturated rings. The van der Waals surface area contributed by atoms with Gasteiger partial charge in [0.15, 0.2) is 0 Å². The van der Waals surface area contributed by atoms with Crippen molar-refractivity contribution in [2.24, 2.45) is 0 Å². The summed E-state index contributed by atoms with van der Waals surface area (Å²) in [4.78, 5) is 11.5. The zero-order valence-corrected chi connectivity index (χ0v) is 11.6. The standard InChI is InChI=1S/C13H24N2O4/c1-3-19-13(16)8-12-6-4-5-11(15(12)18)7-10(2)9-14-17/h9,11-12,14,17-18H,3-8H2,1-2H3/b10-9+/t11-,12+/m1/s1. The number of hydroxylamine groups is 3. The van der Waals surface area contributed by atoms with E-state index in [2.05, 4.69) is 0 Å². The number of esters is 1. The van der Waals surface area contributed by atoms with E-state index in [0.29, 0.717) is 13.0 Å². The molecule has 2 atom stereocenters. The normalized spacial score (nSPS) is 25.2. The van der Waals surface area contributed by atoms with Gasteiger partial charge in [-0.05, 0) is 33.1 Å². The number of nitrogens with zero attached hydrogens (tertiary/aromatic N) is 1. The van der Waals surface area contributed by atoms with Gasteiger partial charge < -0.3 is 9.94 Å². The van der Waals surface area contributed by atoms with Crippen LogP contribution < -0.4 is 5.48 Å². The van der Waals surface area contributed by atoms with Gasteiger partial charge in [0.1, 0.15) is 0 Å². The highest BCUT2D eigenvalue weighted by Crippen LogP contribution is 2.27. The molecule has 19 heavy (non-hydrogen) atoms. The average molecular weight is 272 g/mol. The Kier molecular flexibility index (Phi) is 6.83. The summed E-state index contributed by atoms with van der Waals surface area (Å²) in [6.45, 7) is 4.02. The van der Waals surface area contributed by atoms with Crippen LogP contribution in [0.2, 0.25) is 0 Å². The van der Waals surface area contributed by atoms with Crippen LogP contribution in [0.4, 0.5) is 0 Å². The molecule has 0 amide bonds. The van der Waals surface area contributed by atoms with Crippen LogP contribution in [0.5, 0.6) is 0 Å². The predicted octanol–water partition coefficient (Wildman–Crippen LogP) is 1.82. The van der Waals surface area contributed by atoms with Crippen LogP contribution in [-0.2, 0) is 9.53 Å². The topological polar surface area (TPSA) is 82.0 Å². The van der Waals surface area contributed by atoms with E-state index in [1.54, 1.807) is 6.92 Å². The van der Waals surface area contributed by atoms with Gasteiger partial charge in [-0.1, -0.05) is 12.0 Å². The fraction of sp³-hybridized carbons (Fsp3) is 0.769. The molecule has 0 aliphatic carbocycles. The zero-order valence-electron chi connectivity index (χ0n) is 11.6. The van der Waals surface area contributed by atoms with E-state index >= 15 is 0 Å². The van der Waals surface area contributed by atoms with E-state index < -0.39 is 0 Å². The van der Waals surface area contributed by atoms with Gasteiger partial charge >= 0.3 is 5.97 Å². The van der Waals surface area contributed by atoms with Gasteiger partial charge in [0, 0.05) is 18.3 Å². The van der Waals surface area contributed by atoms with E-state index in [4.69, 9.17) is 9.94 Å². The monoisotopic (exact) mass is 272 g/mol. The summed E-state index contributed by atoms with van der Waals surface area (Å²) >= 11 is 0. The van der Waals surface area contributed by atoms with Crippen molar-refractivity contribution in [2.45, 2.75) is 58.0 Å². The lowest BCUT2D eigenvalue weighted by molar-refractivity contribution is -0.185. The van der Waals surface area contributed by atoms with Crippen LogP contribution in [0.1, 0.15) is 46.0 Å². The minimum Gasteiger partial charge on any atom is -0.466 e. The van der Waals surface area contributed by atoms with Gasteiger partial charge in [-0.3, -0.25) is 15.5 Å². The van der Waals surface area contributed by atoms with Crippen molar-refractivity contribution < 1.29 is 19.9 Å². The third-order valence-electron chi connectivity index (χ3n) is 3.40. The third kappa shape index (κ3) is 5.18. The number of nitrogens with one attached hydrogen (secondary N) is 1. The number of carbonyl (C=O) groups excluding carboxylic acids is 1. The SMILES string of the molecule is CCOC(=O)C[C@@H]1CCC[C@H](C/C(C)=C/NO)N1O. The molecule has 0 radical (unpaired) electrons. The van der Waals surface area contributed by atoms with Gasteiger partial charge in [-0.25, -0.2) is 0 Å². The maximum absolute atomic E-state index is 11.5. The summed E-state index contributed by atoms with van der Waals surface area (Å²) < 4.78 is 4.92. The zero-order chi connectivity index (χ0) is 14.3. The second kappa shape index (κ2) is 8.14. The van der Waals surface area contributed by atoms with Crippen LogP contribution in [0.3, 0.4) is 0 Å². The van der Waals surface area contributed by atoms with Gasteiger partial charge in [0.05, 0.1) is 13.0 Å². The Balaban J connectivity index is 2.52. The molecule has 0 aromatic rings. The van der Waals surface area contributed by atoms with Crippen LogP contribution in [0.15, 0.2) is 11.8 Å². The van der Waals surface area contributed by atoms with Crippen molar-refractivity contribution in [1.82, 2.24) is 10.5 Å². The van der Waals surface area contributed by atoms with Gasteiger partial charge in [-0.2, -0.15) is 5.06 Å². The summed E-state index contributed by atoms with van der Waals surface area (Å²) in [5.41, 5.74) is 2.94. The predicted molar refractivity (Wildman–Crippen MR) is 69.6 cm³/mol. The summed E-state index contributed by atoms with van der Waals surface area (Å²) in [6.07, 6.45) is 5.04. The highest BCUT2D eigenvalue weighted by atomic mass is 16.5. The first-order chi connectivity index (χ1) is 9.08. The number of rotatable bonds is 6. The summed E-state index contributed by atoms with van der Waals surface area (Å²) in [5.74, 6) is -0.267. The van der Waals surface area contributed by atoms with Crippen molar-refractivity contribution in [3.05, 3.63) is 11.8 Å². The highest BCUT2D eigenvalue weighted by Gasteiger charge is 2.31. The molecule has 0 saturated carbocycles. The molecule has 1 aliphatic heterocycles. The summed E-state index contributed by atoms with van der Waals surface area (Å²) in [5, 5.41) is 20.1. The van der Waals surface area contributed by atoms with Crippen molar-refractivity contribution in [3.8, 4) is 0 Å². The number of hydrogen-bond acceptors (Lipinski definition) is 6. The first-order valence-corrected chi connectivity index (χ1v) is 6.76. The number of ether oxygens (including phenoxy) is 1. The fourth-order valence-corrected chi connectivity index (χ4v) is 2.50. The average Bonchev–Trinajstić information content (AvgIpc) is 2.35. The Bertz CT molecular complexity index is 320. The maximum atomic E-state index is 11.5. The van der Waals surface area contributed by atoms with Crippen molar-refractivity contribution in [1.29, 1.82) is 0 Å². The van der Waals surface area contributed by atoms with Crippen LogP contribution in [0, 0.1) is 0 Å². The second-order valence-electron chi connectivity index (χ2n) is 4.95. The minimum absolute atomic E-state index is 0.0159. The number of carbonyl (C=O) groups is 1. The molecule has 3 N–H and O–H groups in total. The lowest BCUT2D eigenvalue weighted by Crippen LogP contribution is -2.45. The minimum atomic E-state index is -0.267. The summed E-state index contributed by atoms with van der Waals surface area (Å²) in [6, 6.07) is -0.189. The molecule has 1 heterocycles. The fourth-order valence-electron chi connectivity index (χ4n) is 2.50. The van der Waals surface area contributed by atoms with Gasteiger partial charge in [-0.15, -0.1) is 0 Å². The Morgan fingerprint density at radius 3 is 2.63 bits per heavy atom. The molecule has 0 spiro atoms. The Labute approximate surface area is 114 Å². The van der Waals surface area contributed by atoms with E-state index in [9.17, 15) is 10.0 Å². The molecule has 0 unspecified atom stereocenters. The number of hydrogen-bond donors (Lipinski definition) is 3. The number of piperidine rings is 1. The molecule has 6 heteroatoms. The largest absolute Gasteiger partial charge is 0.466 e. The molecule has 110 valence electrons. The molecule has 6 nitrogen and oxygen atoms in total. The van der Waals surface area contributed by atoms with Crippen molar-refractivity contribution in [2.75, 3.05) is 6.61 Å². The van der Waals surface area contributed by atoms with Gasteiger partial charge in [0.25, 0.3) is 0 Å².